The van der Waals surface area contributed by atoms with Crippen LogP contribution in [0.4, 0.5) is 0 Å². The molecule has 17 heavy (non-hydrogen) atoms. The number of rotatable bonds is 2. The minimum absolute atomic E-state index is 0.608. The second kappa shape index (κ2) is 4.02. The summed E-state index contributed by atoms with van der Waals surface area (Å²) in [5.74, 6) is 0. The van der Waals surface area contributed by atoms with Crippen molar-refractivity contribution in [1.82, 2.24) is 0 Å². The van der Waals surface area contributed by atoms with E-state index in [-0.39, 0.29) is 0 Å². The summed E-state index contributed by atoms with van der Waals surface area (Å²) in [6.45, 7) is 2.04. The lowest BCUT2D eigenvalue weighted by atomic mass is 10.0. The van der Waals surface area contributed by atoms with E-state index in [0.717, 1.165) is 22.1 Å². The second-order valence-corrected chi connectivity index (χ2v) is 5.20. The van der Waals surface area contributed by atoms with Gasteiger partial charge in [0.2, 0.25) is 0 Å². The van der Waals surface area contributed by atoms with Gasteiger partial charge in [0.15, 0.2) is 0 Å². The Hall–Kier alpha value is -1.58. The summed E-state index contributed by atoms with van der Waals surface area (Å²) < 4.78 is 5.44. The van der Waals surface area contributed by atoms with Crippen LogP contribution in [-0.4, -0.2) is 5.11 Å². The van der Waals surface area contributed by atoms with Crippen LogP contribution >= 0.6 is 11.3 Å². The minimum atomic E-state index is -0.608. The number of fused-ring (bicyclic) bond motifs is 1. The third-order valence-electron chi connectivity index (χ3n) is 2.87. The van der Waals surface area contributed by atoms with Crippen molar-refractivity contribution in [3.63, 3.8) is 0 Å². The first-order chi connectivity index (χ1) is 8.25. The van der Waals surface area contributed by atoms with E-state index < -0.39 is 6.10 Å². The van der Waals surface area contributed by atoms with Crippen molar-refractivity contribution in [2.75, 3.05) is 0 Å². The zero-order valence-electron chi connectivity index (χ0n) is 9.38. The van der Waals surface area contributed by atoms with Crippen molar-refractivity contribution >= 4 is 22.3 Å². The zero-order chi connectivity index (χ0) is 11.8. The molecule has 1 N–H and O–H groups in total. The normalized spacial score (nSPS) is 13.1. The Kier molecular flexibility index (Phi) is 2.50. The maximum Gasteiger partial charge on any atom is 0.134 e. The fourth-order valence-electron chi connectivity index (χ4n) is 2.00. The largest absolute Gasteiger partial charge is 0.464 e. The van der Waals surface area contributed by atoms with E-state index in [4.69, 9.17) is 4.42 Å². The lowest BCUT2D eigenvalue weighted by Crippen LogP contribution is -1.96. The van der Waals surface area contributed by atoms with Crippen molar-refractivity contribution < 1.29 is 9.52 Å². The monoisotopic (exact) mass is 244 g/mol. The van der Waals surface area contributed by atoms with Crippen LogP contribution in [0.25, 0.3) is 11.0 Å². The van der Waals surface area contributed by atoms with Gasteiger partial charge in [-0.1, -0.05) is 18.2 Å². The molecule has 1 atom stereocenters. The average Bonchev–Trinajstić information content (AvgIpc) is 2.94. The van der Waals surface area contributed by atoms with E-state index in [2.05, 4.69) is 0 Å². The van der Waals surface area contributed by atoms with Crippen LogP contribution in [0.5, 0.6) is 0 Å². The standard InChI is InChI=1S/C14H12O2S/c1-9-6-10(8-17-9)14(15)12-7-16-13-5-3-2-4-11(12)13/h2-8,14-15H,1H3. The molecule has 2 heterocycles. The Bertz CT molecular complexity index is 651. The molecule has 86 valence electrons. The van der Waals surface area contributed by atoms with E-state index in [1.165, 1.54) is 4.88 Å². The number of furan rings is 1. The summed E-state index contributed by atoms with van der Waals surface area (Å²) in [6, 6.07) is 9.77. The molecule has 0 bridgehead atoms. The van der Waals surface area contributed by atoms with Gasteiger partial charge in [-0.3, -0.25) is 0 Å². The van der Waals surface area contributed by atoms with E-state index in [1.54, 1.807) is 17.6 Å². The maximum atomic E-state index is 10.3. The first kappa shape index (κ1) is 10.6. The van der Waals surface area contributed by atoms with Gasteiger partial charge < -0.3 is 9.52 Å². The maximum absolute atomic E-state index is 10.3. The Labute approximate surface area is 103 Å². The molecule has 0 saturated carbocycles. The van der Waals surface area contributed by atoms with Gasteiger partial charge in [0.25, 0.3) is 0 Å². The van der Waals surface area contributed by atoms with Gasteiger partial charge in [-0.2, -0.15) is 0 Å². The van der Waals surface area contributed by atoms with Crippen LogP contribution in [0.3, 0.4) is 0 Å². The Morgan fingerprint density at radius 2 is 2.12 bits per heavy atom. The number of aliphatic hydroxyl groups is 1. The molecule has 0 spiro atoms. The summed E-state index contributed by atoms with van der Waals surface area (Å²) in [4.78, 5) is 1.20. The summed E-state index contributed by atoms with van der Waals surface area (Å²) >= 11 is 1.64. The number of aryl methyl sites for hydroxylation is 1. The zero-order valence-corrected chi connectivity index (χ0v) is 10.2. The molecule has 2 nitrogen and oxygen atoms in total. The fraction of sp³-hybridized carbons (Fsp3) is 0.143. The fourth-order valence-corrected chi connectivity index (χ4v) is 2.72. The number of hydrogen-bond donors (Lipinski definition) is 1. The molecule has 3 rings (SSSR count). The minimum Gasteiger partial charge on any atom is -0.464 e. The molecule has 0 fully saturated rings. The van der Waals surface area contributed by atoms with Crippen molar-refractivity contribution in [2.45, 2.75) is 13.0 Å². The predicted molar refractivity (Wildman–Crippen MR) is 69.3 cm³/mol. The summed E-state index contributed by atoms with van der Waals surface area (Å²) in [7, 11) is 0. The van der Waals surface area contributed by atoms with Gasteiger partial charge in [-0.25, -0.2) is 0 Å². The molecule has 0 aliphatic rings. The SMILES string of the molecule is Cc1cc(C(O)c2coc3ccccc23)cs1. The van der Waals surface area contributed by atoms with E-state index in [1.807, 2.05) is 42.6 Å². The second-order valence-electron chi connectivity index (χ2n) is 4.08. The molecule has 0 radical (unpaired) electrons. The van der Waals surface area contributed by atoms with Gasteiger partial charge in [0, 0.05) is 15.8 Å². The van der Waals surface area contributed by atoms with Crippen LogP contribution in [-0.2, 0) is 0 Å². The molecule has 0 aliphatic carbocycles. The molecule has 2 aromatic heterocycles. The van der Waals surface area contributed by atoms with E-state index in [0.29, 0.717) is 0 Å². The molecule has 1 unspecified atom stereocenters. The number of para-hydroxylation sites is 1. The molecule has 0 aliphatic heterocycles. The van der Waals surface area contributed by atoms with Crippen LogP contribution in [0, 0.1) is 6.92 Å². The quantitative estimate of drug-likeness (QED) is 0.742. The summed E-state index contributed by atoms with van der Waals surface area (Å²) in [5, 5.41) is 13.3. The highest BCUT2D eigenvalue weighted by Gasteiger charge is 2.16. The Morgan fingerprint density at radius 3 is 2.88 bits per heavy atom. The van der Waals surface area contributed by atoms with Gasteiger partial charge in [0.05, 0.1) is 6.26 Å². The van der Waals surface area contributed by atoms with Crippen LogP contribution in [0.15, 0.2) is 46.4 Å². The number of aliphatic hydroxyl groups excluding tert-OH is 1. The average molecular weight is 244 g/mol. The Balaban J connectivity index is 2.09. The first-order valence-electron chi connectivity index (χ1n) is 5.45. The molecule has 0 saturated heterocycles. The summed E-state index contributed by atoms with van der Waals surface area (Å²) in [6.07, 6.45) is 1.03. The van der Waals surface area contributed by atoms with Gasteiger partial charge in [0.1, 0.15) is 11.7 Å². The first-order valence-corrected chi connectivity index (χ1v) is 6.33. The van der Waals surface area contributed by atoms with Gasteiger partial charge in [-0.05, 0) is 30.0 Å². The number of benzene rings is 1. The number of thiophene rings is 1. The van der Waals surface area contributed by atoms with Crippen molar-refractivity contribution in [2.24, 2.45) is 0 Å². The van der Waals surface area contributed by atoms with E-state index >= 15 is 0 Å². The smallest absolute Gasteiger partial charge is 0.134 e. The molecule has 3 heteroatoms. The lowest BCUT2D eigenvalue weighted by Gasteiger charge is -2.06. The highest BCUT2D eigenvalue weighted by molar-refractivity contribution is 7.10. The lowest BCUT2D eigenvalue weighted by molar-refractivity contribution is 0.221. The van der Waals surface area contributed by atoms with Gasteiger partial charge in [-0.15, -0.1) is 11.3 Å². The predicted octanol–water partition coefficient (Wildman–Crippen LogP) is 3.88. The van der Waals surface area contributed by atoms with Crippen molar-refractivity contribution in [3.8, 4) is 0 Å². The van der Waals surface area contributed by atoms with E-state index in [9.17, 15) is 5.11 Å². The summed E-state index contributed by atoms with van der Waals surface area (Å²) in [5.41, 5.74) is 2.57. The molecular formula is C14H12O2S. The van der Waals surface area contributed by atoms with Gasteiger partial charge >= 0.3 is 0 Å². The number of hydrogen-bond acceptors (Lipinski definition) is 3. The van der Waals surface area contributed by atoms with Crippen molar-refractivity contribution in [1.29, 1.82) is 0 Å². The molecule has 0 amide bonds. The van der Waals surface area contributed by atoms with Crippen LogP contribution in [0.2, 0.25) is 0 Å². The highest BCUT2D eigenvalue weighted by Crippen LogP contribution is 2.32. The third kappa shape index (κ3) is 1.77. The molecule has 3 aromatic rings. The van der Waals surface area contributed by atoms with Crippen LogP contribution < -0.4 is 0 Å². The van der Waals surface area contributed by atoms with Crippen molar-refractivity contribution in [3.05, 3.63) is 58.0 Å². The molecular weight excluding hydrogens is 232 g/mol. The highest BCUT2D eigenvalue weighted by atomic mass is 32.1. The van der Waals surface area contributed by atoms with Crippen LogP contribution in [0.1, 0.15) is 22.1 Å². The topological polar surface area (TPSA) is 33.4 Å². The third-order valence-corrected chi connectivity index (χ3v) is 3.75. The molecule has 1 aromatic carbocycles. The Morgan fingerprint density at radius 1 is 1.29 bits per heavy atom.